The third-order valence-electron chi connectivity index (χ3n) is 1.74. The number of nitrogens with zero attached hydrogens (tertiary/aromatic N) is 1. The van der Waals surface area contributed by atoms with Crippen molar-refractivity contribution in [3.63, 3.8) is 0 Å². The van der Waals surface area contributed by atoms with Crippen molar-refractivity contribution >= 4 is 16.8 Å². The van der Waals surface area contributed by atoms with Crippen molar-refractivity contribution in [2.24, 2.45) is 5.16 Å². The van der Waals surface area contributed by atoms with Gasteiger partial charge in [-0.05, 0) is 24.3 Å². The zero-order valence-corrected chi connectivity index (χ0v) is 9.07. The lowest BCUT2D eigenvalue weighted by atomic mass is 10.2. The van der Waals surface area contributed by atoms with Crippen LogP contribution in [0.3, 0.4) is 0 Å². The fourth-order valence-corrected chi connectivity index (χ4v) is 1.12. The van der Waals surface area contributed by atoms with Crippen LogP contribution in [-0.2, 0) is 4.74 Å². The minimum absolute atomic E-state index is 0.0541. The first kappa shape index (κ1) is 11.8. The summed E-state index contributed by atoms with van der Waals surface area (Å²) in [5, 5.41) is 11.4. The normalized spacial score (nSPS) is 11.5. The first-order valence-corrected chi connectivity index (χ1v) is 4.75. The van der Waals surface area contributed by atoms with Crippen molar-refractivity contribution in [1.29, 1.82) is 0 Å². The maximum absolute atomic E-state index is 8.44. The zero-order chi connectivity index (χ0) is 11.1. The van der Waals surface area contributed by atoms with E-state index in [-0.39, 0.29) is 5.17 Å². The van der Waals surface area contributed by atoms with Gasteiger partial charge in [0, 0.05) is 12.7 Å². The van der Waals surface area contributed by atoms with Gasteiger partial charge in [-0.25, -0.2) is 0 Å². The molecule has 0 spiro atoms. The molecule has 0 aliphatic heterocycles. The number of hydrogen-bond donors (Lipinski definition) is 1. The zero-order valence-electron chi connectivity index (χ0n) is 8.31. The Hall–Kier alpha value is -1.26. The average molecular weight is 230 g/mol. The first-order valence-electron chi connectivity index (χ1n) is 4.37. The Morgan fingerprint density at radius 2 is 2.00 bits per heavy atom. The van der Waals surface area contributed by atoms with Gasteiger partial charge in [-0.1, -0.05) is 16.8 Å². The topological polar surface area (TPSA) is 51.0 Å². The minimum atomic E-state index is 0.0541. The molecule has 0 heterocycles. The SMILES string of the molecule is COCCOc1ccc(/C(Cl)=N/O)cc1. The van der Waals surface area contributed by atoms with Gasteiger partial charge in [0.15, 0.2) is 5.17 Å². The molecule has 0 bridgehead atoms. The Morgan fingerprint density at radius 3 is 2.53 bits per heavy atom. The van der Waals surface area contributed by atoms with E-state index in [1.165, 1.54) is 0 Å². The molecule has 5 heteroatoms. The standard InChI is InChI=1S/C10H12ClNO3/c1-14-6-7-15-9-4-2-8(3-5-9)10(11)12-13/h2-5,13H,6-7H2,1H3/b12-10-. The quantitative estimate of drug-likeness (QED) is 0.364. The molecule has 1 N–H and O–H groups in total. The molecular weight excluding hydrogens is 218 g/mol. The predicted octanol–water partition coefficient (Wildman–Crippen LogP) is 2.09. The van der Waals surface area contributed by atoms with Crippen LogP contribution in [0, 0.1) is 0 Å². The maximum atomic E-state index is 8.44. The third kappa shape index (κ3) is 3.77. The summed E-state index contributed by atoms with van der Waals surface area (Å²) >= 11 is 5.61. The van der Waals surface area contributed by atoms with E-state index in [4.69, 9.17) is 26.3 Å². The summed E-state index contributed by atoms with van der Waals surface area (Å²) in [4.78, 5) is 0. The number of methoxy groups -OCH3 is 1. The van der Waals surface area contributed by atoms with Crippen LogP contribution in [0.15, 0.2) is 29.4 Å². The fraction of sp³-hybridized carbons (Fsp3) is 0.300. The van der Waals surface area contributed by atoms with Gasteiger partial charge in [0.25, 0.3) is 0 Å². The molecule has 0 amide bonds. The summed E-state index contributed by atoms with van der Waals surface area (Å²) in [5.74, 6) is 0.721. The van der Waals surface area contributed by atoms with Crippen LogP contribution in [0.25, 0.3) is 0 Å². The highest BCUT2D eigenvalue weighted by molar-refractivity contribution is 6.69. The van der Waals surface area contributed by atoms with E-state index in [0.29, 0.717) is 18.8 Å². The highest BCUT2D eigenvalue weighted by atomic mass is 35.5. The van der Waals surface area contributed by atoms with E-state index in [0.717, 1.165) is 5.75 Å². The van der Waals surface area contributed by atoms with Crippen molar-refractivity contribution in [3.8, 4) is 5.75 Å². The lowest BCUT2D eigenvalue weighted by molar-refractivity contribution is 0.146. The van der Waals surface area contributed by atoms with Crippen LogP contribution in [-0.4, -0.2) is 30.7 Å². The van der Waals surface area contributed by atoms with Gasteiger partial charge in [0.1, 0.15) is 12.4 Å². The first-order chi connectivity index (χ1) is 7.27. The molecule has 1 aromatic rings. The molecule has 0 aliphatic rings. The molecule has 0 saturated carbocycles. The summed E-state index contributed by atoms with van der Waals surface area (Å²) in [6.45, 7) is 1.04. The number of halogens is 1. The van der Waals surface area contributed by atoms with Gasteiger partial charge in [-0.2, -0.15) is 0 Å². The van der Waals surface area contributed by atoms with Gasteiger partial charge < -0.3 is 14.7 Å². The molecule has 0 radical (unpaired) electrons. The van der Waals surface area contributed by atoms with E-state index in [1.54, 1.807) is 31.4 Å². The Balaban J connectivity index is 2.56. The molecular formula is C10H12ClNO3. The molecule has 0 fully saturated rings. The largest absolute Gasteiger partial charge is 0.491 e. The molecule has 0 unspecified atom stereocenters. The molecule has 0 atom stereocenters. The highest BCUT2D eigenvalue weighted by Gasteiger charge is 2.00. The van der Waals surface area contributed by atoms with Gasteiger partial charge >= 0.3 is 0 Å². The average Bonchev–Trinajstić information content (AvgIpc) is 2.29. The molecule has 0 aromatic heterocycles. The Morgan fingerprint density at radius 1 is 1.33 bits per heavy atom. The molecule has 1 rings (SSSR count). The van der Waals surface area contributed by atoms with E-state index < -0.39 is 0 Å². The molecule has 0 saturated heterocycles. The predicted molar refractivity (Wildman–Crippen MR) is 58.0 cm³/mol. The molecule has 4 nitrogen and oxygen atoms in total. The van der Waals surface area contributed by atoms with Crippen LogP contribution >= 0.6 is 11.6 Å². The number of benzene rings is 1. The lowest BCUT2D eigenvalue weighted by Gasteiger charge is -2.05. The van der Waals surface area contributed by atoms with Crippen LogP contribution in [0.1, 0.15) is 5.56 Å². The lowest BCUT2D eigenvalue weighted by Crippen LogP contribution is -2.04. The van der Waals surface area contributed by atoms with E-state index >= 15 is 0 Å². The summed E-state index contributed by atoms with van der Waals surface area (Å²) in [6.07, 6.45) is 0. The number of hydrogen-bond acceptors (Lipinski definition) is 4. The Kier molecular flexibility index (Phi) is 4.93. The van der Waals surface area contributed by atoms with Gasteiger partial charge in [0.2, 0.25) is 0 Å². The van der Waals surface area contributed by atoms with Crippen LogP contribution in [0.2, 0.25) is 0 Å². The van der Waals surface area contributed by atoms with Crippen molar-refractivity contribution in [3.05, 3.63) is 29.8 Å². The van der Waals surface area contributed by atoms with Gasteiger partial charge in [0.05, 0.1) is 6.61 Å². The second-order valence-corrected chi connectivity index (χ2v) is 3.11. The Labute approximate surface area is 93.1 Å². The highest BCUT2D eigenvalue weighted by Crippen LogP contribution is 2.13. The smallest absolute Gasteiger partial charge is 0.175 e. The van der Waals surface area contributed by atoms with Crippen LogP contribution in [0.4, 0.5) is 0 Å². The minimum Gasteiger partial charge on any atom is -0.491 e. The van der Waals surface area contributed by atoms with E-state index in [2.05, 4.69) is 5.16 Å². The van der Waals surface area contributed by atoms with E-state index in [1.807, 2.05) is 0 Å². The fourth-order valence-electron chi connectivity index (χ4n) is 0.989. The van der Waals surface area contributed by atoms with Gasteiger partial charge in [-0.15, -0.1) is 0 Å². The van der Waals surface area contributed by atoms with Crippen LogP contribution in [0.5, 0.6) is 5.75 Å². The summed E-state index contributed by atoms with van der Waals surface area (Å²) in [7, 11) is 1.62. The van der Waals surface area contributed by atoms with Crippen LogP contribution < -0.4 is 4.74 Å². The second kappa shape index (κ2) is 6.27. The number of oxime groups is 1. The third-order valence-corrected chi connectivity index (χ3v) is 2.03. The molecule has 82 valence electrons. The summed E-state index contributed by atoms with van der Waals surface area (Å²) in [5.41, 5.74) is 0.637. The monoisotopic (exact) mass is 229 g/mol. The summed E-state index contributed by atoms with van der Waals surface area (Å²) < 4.78 is 10.2. The van der Waals surface area contributed by atoms with Gasteiger partial charge in [-0.3, -0.25) is 0 Å². The van der Waals surface area contributed by atoms with E-state index in [9.17, 15) is 0 Å². The Bertz CT molecular complexity index is 324. The number of rotatable bonds is 5. The molecule has 1 aromatic carbocycles. The second-order valence-electron chi connectivity index (χ2n) is 2.76. The summed E-state index contributed by atoms with van der Waals surface area (Å²) in [6, 6.07) is 6.92. The molecule has 0 aliphatic carbocycles. The van der Waals surface area contributed by atoms with Crippen molar-refractivity contribution in [2.75, 3.05) is 20.3 Å². The maximum Gasteiger partial charge on any atom is 0.175 e. The number of ether oxygens (including phenoxy) is 2. The van der Waals surface area contributed by atoms with Crippen molar-refractivity contribution in [1.82, 2.24) is 0 Å². The molecule has 15 heavy (non-hydrogen) atoms. The van der Waals surface area contributed by atoms with Crippen molar-refractivity contribution < 1.29 is 14.7 Å². The van der Waals surface area contributed by atoms with Crippen molar-refractivity contribution in [2.45, 2.75) is 0 Å².